The van der Waals surface area contributed by atoms with Crippen molar-refractivity contribution < 1.29 is 9.59 Å². The molecule has 0 unspecified atom stereocenters. The van der Waals surface area contributed by atoms with Crippen LogP contribution in [0.25, 0.3) is 0 Å². The number of ketones is 1. The van der Waals surface area contributed by atoms with Crippen LogP contribution in [0.1, 0.15) is 52.7 Å². The standard InChI is InChI=1S/C26H33N3O2/c1-19-17-23(9-10-24(19)29-15-13-28(2)14-16-29)27-26(31)12-11-25(30)22-8-7-20-5-3-4-6-21(20)18-22/h7-10,17-18H,3-6,11-16H2,1-2H3,(H,27,31). The number of nitrogens with zero attached hydrogens (tertiary/aromatic N) is 2. The zero-order valence-corrected chi connectivity index (χ0v) is 18.7. The smallest absolute Gasteiger partial charge is 0.224 e. The number of aryl methyl sites for hydroxylation is 3. The van der Waals surface area contributed by atoms with Crippen LogP contribution in [-0.4, -0.2) is 49.8 Å². The molecule has 5 heteroatoms. The van der Waals surface area contributed by atoms with Gasteiger partial charge >= 0.3 is 0 Å². The molecule has 0 radical (unpaired) electrons. The van der Waals surface area contributed by atoms with Gasteiger partial charge in [-0.15, -0.1) is 0 Å². The third kappa shape index (κ3) is 5.34. The van der Waals surface area contributed by atoms with Crippen LogP contribution in [0.15, 0.2) is 36.4 Å². The normalized spacial score (nSPS) is 16.6. The summed E-state index contributed by atoms with van der Waals surface area (Å²) in [5.41, 5.74) is 6.59. The zero-order chi connectivity index (χ0) is 21.8. The van der Waals surface area contributed by atoms with Gasteiger partial charge in [-0.3, -0.25) is 9.59 Å². The highest BCUT2D eigenvalue weighted by Crippen LogP contribution is 2.25. The topological polar surface area (TPSA) is 52.7 Å². The van der Waals surface area contributed by atoms with Gasteiger partial charge in [0.15, 0.2) is 5.78 Å². The minimum atomic E-state index is -0.113. The molecule has 0 saturated carbocycles. The van der Waals surface area contributed by atoms with Crippen molar-refractivity contribution >= 4 is 23.1 Å². The molecule has 2 aromatic carbocycles. The number of Topliss-reactive ketones (excluding diaryl/α,β-unsaturated/α-hetero) is 1. The molecule has 1 fully saturated rings. The van der Waals surface area contributed by atoms with Crippen LogP contribution in [0.4, 0.5) is 11.4 Å². The van der Waals surface area contributed by atoms with Gasteiger partial charge in [0.1, 0.15) is 0 Å². The van der Waals surface area contributed by atoms with E-state index < -0.39 is 0 Å². The summed E-state index contributed by atoms with van der Waals surface area (Å²) in [5, 5.41) is 2.96. The number of amides is 1. The van der Waals surface area contributed by atoms with E-state index in [2.05, 4.69) is 41.2 Å². The molecule has 0 aromatic heterocycles. The lowest BCUT2D eigenvalue weighted by Crippen LogP contribution is -2.44. The fraction of sp³-hybridized carbons (Fsp3) is 0.462. The van der Waals surface area contributed by atoms with Crippen molar-refractivity contribution in [1.29, 1.82) is 0 Å². The molecule has 0 spiro atoms. The molecule has 0 bridgehead atoms. The Hall–Kier alpha value is -2.66. The average Bonchev–Trinajstić information content (AvgIpc) is 2.78. The van der Waals surface area contributed by atoms with Crippen LogP contribution in [0.3, 0.4) is 0 Å². The molecule has 164 valence electrons. The number of piperazine rings is 1. The van der Waals surface area contributed by atoms with E-state index in [1.54, 1.807) is 0 Å². The SMILES string of the molecule is Cc1cc(NC(=O)CCC(=O)c2ccc3c(c2)CCCC3)ccc1N1CCN(C)CC1. The zero-order valence-electron chi connectivity index (χ0n) is 18.7. The number of benzene rings is 2. The minimum Gasteiger partial charge on any atom is -0.369 e. The van der Waals surface area contributed by atoms with Crippen LogP contribution < -0.4 is 10.2 Å². The highest BCUT2D eigenvalue weighted by Gasteiger charge is 2.17. The molecule has 2 aromatic rings. The number of carbonyl (C=O) groups excluding carboxylic acids is 2. The highest BCUT2D eigenvalue weighted by atomic mass is 16.2. The van der Waals surface area contributed by atoms with Crippen molar-refractivity contribution in [2.24, 2.45) is 0 Å². The van der Waals surface area contributed by atoms with Crippen LogP contribution in [-0.2, 0) is 17.6 Å². The van der Waals surface area contributed by atoms with Crippen LogP contribution >= 0.6 is 0 Å². The summed E-state index contributed by atoms with van der Waals surface area (Å²) in [6.07, 6.45) is 5.04. The number of carbonyl (C=O) groups is 2. The Morgan fingerprint density at radius 3 is 2.39 bits per heavy atom. The van der Waals surface area contributed by atoms with Gasteiger partial charge in [-0.05, 0) is 80.6 Å². The van der Waals surface area contributed by atoms with Gasteiger partial charge in [-0.25, -0.2) is 0 Å². The van der Waals surface area contributed by atoms with Gasteiger partial charge in [-0.2, -0.15) is 0 Å². The first-order chi connectivity index (χ1) is 15.0. The highest BCUT2D eigenvalue weighted by molar-refractivity contribution is 6.00. The molecule has 1 aliphatic carbocycles. The van der Waals surface area contributed by atoms with E-state index in [4.69, 9.17) is 0 Å². The van der Waals surface area contributed by atoms with Crippen LogP contribution in [0, 0.1) is 6.92 Å². The monoisotopic (exact) mass is 419 g/mol. The third-order valence-corrected chi connectivity index (χ3v) is 6.57. The van der Waals surface area contributed by atoms with Crippen molar-refractivity contribution in [3.05, 3.63) is 58.7 Å². The van der Waals surface area contributed by atoms with Crippen molar-refractivity contribution in [3.8, 4) is 0 Å². The van der Waals surface area contributed by atoms with E-state index in [9.17, 15) is 9.59 Å². The Morgan fingerprint density at radius 2 is 1.65 bits per heavy atom. The predicted molar refractivity (Wildman–Crippen MR) is 126 cm³/mol. The van der Waals surface area contributed by atoms with Crippen molar-refractivity contribution in [2.45, 2.75) is 45.4 Å². The number of fused-ring (bicyclic) bond motifs is 1. The number of hydrogen-bond acceptors (Lipinski definition) is 4. The van der Waals surface area contributed by atoms with Crippen LogP contribution in [0.2, 0.25) is 0 Å². The Labute approximate surface area is 185 Å². The summed E-state index contributed by atoms with van der Waals surface area (Å²) in [6.45, 7) is 6.26. The molecule has 1 saturated heterocycles. The maximum atomic E-state index is 12.6. The number of anilines is 2. The van der Waals surface area contributed by atoms with Gasteiger partial charge in [0.05, 0.1) is 0 Å². The predicted octanol–water partition coefficient (Wildman–Crippen LogP) is 4.23. The van der Waals surface area contributed by atoms with Gasteiger partial charge in [0.25, 0.3) is 0 Å². The summed E-state index contributed by atoms with van der Waals surface area (Å²) >= 11 is 0. The Bertz CT molecular complexity index is 961. The van der Waals surface area contributed by atoms with E-state index in [-0.39, 0.29) is 24.5 Å². The molecule has 1 heterocycles. The summed E-state index contributed by atoms with van der Waals surface area (Å²) in [5.74, 6) is -0.0665. The first-order valence-corrected chi connectivity index (χ1v) is 11.5. The fourth-order valence-corrected chi connectivity index (χ4v) is 4.64. The molecule has 1 N–H and O–H groups in total. The largest absolute Gasteiger partial charge is 0.369 e. The maximum absolute atomic E-state index is 12.6. The Balaban J connectivity index is 1.30. The van der Waals surface area contributed by atoms with Crippen LogP contribution in [0.5, 0.6) is 0 Å². The van der Waals surface area contributed by atoms with E-state index in [0.717, 1.165) is 55.8 Å². The van der Waals surface area contributed by atoms with E-state index in [1.165, 1.54) is 29.7 Å². The maximum Gasteiger partial charge on any atom is 0.224 e. The number of rotatable bonds is 6. The lowest BCUT2D eigenvalue weighted by Gasteiger charge is -2.35. The van der Waals surface area contributed by atoms with Gasteiger partial charge in [-0.1, -0.05) is 12.1 Å². The third-order valence-electron chi connectivity index (χ3n) is 6.57. The summed E-state index contributed by atoms with van der Waals surface area (Å²) < 4.78 is 0. The Morgan fingerprint density at radius 1 is 0.903 bits per heavy atom. The molecule has 1 amide bonds. The molecule has 4 rings (SSSR count). The fourth-order valence-electron chi connectivity index (χ4n) is 4.64. The second-order valence-electron chi connectivity index (χ2n) is 8.95. The minimum absolute atomic E-state index is 0.0464. The first-order valence-electron chi connectivity index (χ1n) is 11.5. The molecule has 31 heavy (non-hydrogen) atoms. The summed E-state index contributed by atoms with van der Waals surface area (Å²) in [7, 11) is 2.15. The van der Waals surface area contributed by atoms with Gasteiger partial charge in [0, 0.05) is 56.0 Å². The summed E-state index contributed by atoms with van der Waals surface area (Å²) in [4.78, 5) is 29.8. The molecule has 2 aliphatic rings. The van der Waals surface area contributed by atoms with Crippen molar-refractivity contribution in [1.82, 2.24) is 4.90 Å². The number of hydrogen-bond donors (Lipinski definition) is 1. The molecular formula is C26H33N3O2. The van der Waals surface area contributed by atoms with Crippen molar-refractivity contribution in [3.63, 3.8) is 0 Å². The van der Waals surface area contributed by atoms with Crippen molar-refractivity contribution in [2.75, 3.05) is 43.4 Å². The first kappa shape index (κ1) is 21.6. The molecule has 5 nitrogen and oxygen atoms in total. The van der Waals surface area contributed by atoms with Gasteiger partial charge in [0.2, 0.25) is 5.91 Å². The lowest BCUT2D eigenvalue weighted by molar-refractivity contribution is -0.116. The quantitative estimate of drug-likeness (QED) is 0.712. The van der Waals surface area contributed by atoms with E-state index in [1.807, 2.05) is 24.3 Å². The van der Waals surface area contributed by atoms with Gasteiger partial charge < -0.3 is 15.1 Å². The second-order valence-corrected chi connectivity index (χ2v) is 8.95. The van der Waals surface area contributed by atoms with E-state index in [0.29, 0.717) is 0 Å². The second kappa shape index (κ2) is 9.65. The number of likely N-dealkylation sites (N-methyl/N-ethyl adjacent to an activating group) is 1. The molecule has 0 atom stereocenters. The van der Waals surface area contributed by atoms with E-state index >= 15 is 0 Å². The summed E-state index contributed by atoms with van der Waals surface area (Å²) in [6, 6.07) is 12.1. The Kier molecular flexibility index (Phi) is 6.71. The molecule has 1 aliphatic heterocycles. The lowest BCUT2D eigenvalue weighted by atomic mass is 9.89. The average molecular weight is 420 g/mol. The molecular weight excluding hydrogens is 386 g/mol. The number of nitrogens with one attached hydrogen (secondary N) is 1.